The smallest absolute Gasteiger partial charge is 0.325 e. The summed E-state index contributed by atoms with van der Waals surface area (Å²) in [5, 5.41) is 13.7. The van der Waals surface area contributed by atoms with E-state index in [1.54, 1.807) is 37.9 Å². The zero-order chi connectivity index (χ0) is 16.0. The molecule has 0 amide bonds. The third kappa shape index (κ3) is 4.71. The van der Waals surface area contributed by atoms with Crippen LogP contribution in [-0.2, 0) is 9.53 Å². The van der Waals surface area contributed by atoms with E-state index < -0.39 is 10.5 Å². The van der Waals surface area contributed by atoms with Gasteiger partial charge in [-0.25, -0.2) is 0 Å². The first-order chi connectivity index (χ1) is 9.82. The van der Waals surface area contributed by atoms with Crippen LogP contribution in [0, 0.1) is 10.1 Å². The molecule has 0 heterocycles. The van der Waals surface area contributed by atoms with Crippen LogP contribution < -0.4 is 5.32 Å². The number of hydrogen-bond acceptors (Lipinski definition) is 6. The maximum atomic E-state index is 11.8. The predicted octanol–water partition coefficient (Wildman–Crippen LogP) is 2.62. The summed E-state index contributed by atoms with van der Waals surface area (Å²) in [5.41, 5.74) is -0.677. The summed E-state index contributed by atoms with van der Waals surface area (Å²) in [4.78, 5) is 22.9. The summed E-state index contributed by atoms with van der Waals surface area (Å²) in [6.07, 6.45) is 0.581. The molecule has 0 aliphatic heterocycles. The van der Waals surface area contributed by atoms with Crippen LogP contribution in [0.25, 0.3) is 0 Å². The lowest BCUT2D eigenvalue weighted by molar-refractivity contribution is -0.384. The highest BCUT2D eigenvalue weighted by Crippen LogP contribution is 2.30. The third-order valence-corrected chi connectivity index (χ3v) is 4.38. The number of nitrogens with zero attached hydrogens (tertiary/aromatic N) is 1. The number of nitro groups is 1. The second-order valence-electron chi connectivity index (χ2n) is 4.96. The van der Waals surface area contributed by atoms with Gasteiger partial charge in [0, 0.05) is 22.3 Å². The number of non-ortho nitro benzene ring substituents is 1. The van der Waals surface area contributed by atoms with E-state index >= 15 is 0 Å². The topological polar surface area (TPSA) is 81.5 Å². The zero-order valence-corrected chi connectivity index (χ0v) is 13.4. The summed E-state index contributed by atoms with van der Waals surface area (Å²) in [6, 6.07) is 6.39. The number of hydrogen-bond donors (Lipinski definition) is 1. The summed E-state index contributed by atoms with van der Waals surface area (Å²) >= 11 is 1.56. The second-order valence-corrected chi connectivity index (χ2v) is 6.47. The molecule has 7 heteroatoms. The number of likely N-dealkylation sites (N-methyl/N-ethyl adjacent to an activating group) is 1. The van der Waals surface area contributed by atoms with Crippen LogP contribution >= 0.6 is 11.8 Å². The Morgan fingerprint density at radius 2 is 2.05 bits per heavy atom. The molecular formula is C14H20N2O4S. The Hall–Kier alpha value is -1.60. The van der Waals surface area contributed by atoms with Gasteiger partial charge in [-0.1, -0.05) is 6.92 Å². The molecule has 0 saturated heterocycles. The highest BCUT2D eigenvalue weighted by molar-refractivity contribution is 7.99. The van der Waals surface area contributed by atoms with E-state index in [1.165, 1.54) is 19.2 Å². The molecule has 0 fully saturated rings. The first kappa shape index (κ1) is 17.5. The van der Waals surface area contributed by atoms with Crippen molar-refractivity contribution in [1.82, 2.24) is 5.32 Å². The lowest BCUT2D eigenvalue weighted by Crippen LogP contribution is -2.49. The first-order valence-corrected chi connectivity index (χ1v) is 7.39. The van der Waals surface area contributed by atoms with Gasteiger partial charge >= 0.3 is 5.97 Å². The minimum absolute atomic E-state index is 0.0710. The minimum atomic E-state index is -0.748. The van der Waals surface area contributed by atoms with E-state index in [0.717, 1.165) is 4.90 Å². The van der Waals surface area contributed by atoms with Gasteiger partial charge in [-0.3, -0.25) is 14.9 Å². The van der Waals surface area contributed by atoms with E-state index in [-0.39, 0.29) is 16.9 Å². The van der Waals surface area contributed by atoms with Crippen LogP contribution in [0.5, 0.6) is 0 Å². The van der Waals surface area contributed by atoms with Crippen LogP contribution in [0.15, 0.2) is 29.2 Å². The van der Waals surface area contributed by atoms with Crippen molar-refractivity contribution in [2.24, 2.45) is 0 Å². The molecule has 0 radical (unpaired) electrons. The van der Waals surface area contributed by atoms with E-state index in [1.807, 2.05) is 6.92 Å². The monoisotopic (exact) mass is 312 g/mol. The summed E-state index contributed by atoms with van der Waals surface area (Å²) in [6.45, 7) is 3.80. The summed E-state index contributed by atoms with van der Waals surface area (Å²) < 4.78 is 4.81. The molecule has 0 aliphatic rings. The summed E-state index contributed by atoms with van der Waals surface area (Å²) in [5.74, 6) is -0.304. The van der Waals surface area contributed by atoms with Gasteiger partial charge in [0.1, 0.15) is 5.54 Å². The predicted molar refractivity (Wildman–Crippen MR) is 82.5 cm³/mol. The van der Waals surface area contributed by atoms with Gasteiger partial charge in [-0.2, -0.15) is 0 Å². The fraction of sp³-hybridized carbons (Fsp3) is 0.500. The van der Waals surface area contributed by atoms with E-state index in [9.17, 15) is 14.9 Å². The Kier molecular flexibility index (Phi) is 6.17. The number of benzene rings is 1. The largest absolute Gasteiger partial charge is 0.468 e. The summed E-state index contributed by atoms with van der Waals surface area (Å²) in [7, 11) is 3.09. The van der Waals surface area contributed by atoms with Crippen molar-refractivity contribution in [1.29, 1.82) is 0 Å². The zero-order valence-electron chi connectivity index (χ0n) is 12.6. The molecule has 2 unspecified atom stereocenters. The molecule has 1 aromatic rings. The number of ether oxygens (including phenoxy) is 1. The highest BCUT2D eigenvalue weighted by atomic mass is 32.2. The number of thioether (sulfide) groups is 1. The molecule has 1 aromatic carbocycles. The average Bonchev–Trinajstić information content (AvgIpc) is 2.46. The van der Waals surface area contributed by atoms with Crippen LogP contribution in [0.1, 0.15) is 20.3 Å². The molecule has 0 aromatic heterocycles. The second kappa shape index (κ2) is 7.42. The van der Waals surface area contributed by atoms with Crippen molar-refractivity contribution < 1.29 is 14.5 Å². The van der Waals surface area contributed by atoms with Gasteiger partial charge in [0.05, 0.1) is 12.0 Å². The van der Waals surface area contributed by atoms with E-state index in [4.69, 9.17) is 4.74 Å². The maximum Gasteiger partial charge on any atom is 0.325 e. The molecule has 1 rings (SSSR count). The highest BCUT2D eigenvalue weighted by Gasteiger charge is 2.34. The molecular weight excluding hydrogens is 292 g/mol. The lowest BCUT2D eigenvalue weighted by Gasteiger charge is -2.28. The van der Waals surface area contributed by atoms with Crippen molar-refractivity contribution in [2.75, 3.05) is 14.2 Å². The normalized spacial score (nSPS) is 15.0. The molecule has 116 valence electrons. The number of rotatable bonds is 7. The standard InChI is InChI=1S/C14H20N2O4S/c1-10(9-14(2,15-3)13(17)20-4)21-12-7-5-11(6-8-12)16(18)19/h5-8,10,15H,9H2,1-4H3. The van der Waals surface area contributed by atoms with Crippen LogP contribution in [-0.4, -0.2) is 35.8 Å². The molecule has 1 N–H and O–H groups in total. The fourth-order valence-electron chi connectivity index (χ4n) is 2.01. The molecule has 0 saturated carbocycles. The van der Waals surface area contributed by atoms with E-state index in [0.29, 0.717) is 6.42 Å². The van der Waals surface area contributed by atoms with Crippen LogP contribution in [0.2, 0.25) is 0 Å². The number of nitrogens with one attached hydrogen (secondary N) is 1. The molecule has 0 bridgehead atoms. The lowest BCUT2D eigenvalue weighted by atomic mass is 9.96. The third-order valence-electron chi connectivity index (χ3n) is 3.27. The molecule has 0 spiro atoms. The number of esters is 1. The van der Waals surface area contributed by atoms with Crippen molar-refractivity contribution in [3.05, 3.63) is 34.4 Å². The Balaban J connectivity index is 2.70. The van der Waals surface area contributed by atoms with Gasteiger partial charge in [-0.05, 0) is 32.5 Å². The van der Waals surface area contributed by atoms with Gasteiger partial charge in [0.25, 0.3) is 5.69 Å². The van der Waals surface area contributed by atoms with Crippen molar-refractivity contribution >= 4 is 23.4 Å². The number of carbonyl (C=O) groups is 1. The van der Waals surface area contributed by atoms with Gasteiger partial charge < -0.3 is 10.1 Å². The quantitative estimate of drug-likeness (QED) is 0.361. The first-order valence-electron chi connectivity index (χ1n) is 6.51. The minimum Gasteiger partial charge on any atom is -0.468 e. The molecule has 6 nitrogen and oxygen atoms in total. The SMILES string of the molecule is CNC(C)(CC(C)Sc1ccc([N+](=O)[O-])cc1)C(=O)OC. The fourth-order valence-corrected chi connectivity index (χ4v) is 3.18. The van der Waals surface area contributed by atoms with Gasteiger partial charge in [0.15, 0.2) is 0 Å². The van der Waals surface area contributed by atoms with Crippen LogP contribution in [0.3, 0.4) is 0 Å². The number of carbonyl (C=O) groups excluding carboxylic acids is 1. The van der Waals surface area contributed by atoms with Gasteiger partial charge in [0.2, 0.25) is 0 Å². The molecule has 21 heavy (non-hydrogen) atoms. The van der Waals surface area contributed by atoms with Crippen LogP contribution in [0.4, 0.5) is 5.69 Å². The van der Waals surface area contributed by atoms with Crippen molar-refractivity contribution in [3.63, 3.8) is 0 Å². The Bertz CT molecular complexity index is 506. The Morgan fingerprint density at radius 3 is 2.48 bits per heavy atom. The van der Waals surface area contributed by atoms with Crippen molar-refractivity contribution in [3.8, 4) is 0 Å². The Morgan fingerprint density at radius 1 is 1.48 bits per heavy atom. The van der Waals surface area contributed by atoms with E-state index in [2.05, 4.69) is 5.32 Å². The maximum absolute atomic E-state index is 11.8. The molecule has 2 atom stereocenters. The molecule has 0 aliphatic carbocycles. The average molecular weight is 312 g/mol. The number of methoxy groups -OCH3 is 1. The number of nitro benzene ring substituents is 1. The van der Waals surface area contributed by atoms with Crippen molar-refractivity contribution in [2.45, 2.75) is 36.0 Å². The Labute approximate surface area is 128 Å². The van der Waals surface area contributed by atoms with Gasteiger partial charge in [-0.15, -0.1) is 11.8 Å².